The van der Waals surface area contributed by atoms with Crippen LogP contribution in [0.2, 0.25) is 0 Å². The molecular formula is C18H21N3O3. The van der Waals surface area contributed by atoms with Crippen molar-refractivity contribution in [3.63, 3.8) is 0 Å². The number of ether oxygens (including phenoxy) is 1. The first-order chi connectivity index (χ1) is 11.8. The van der Waals surface area contributed by atoms with E-state index >= 15 is 0 Å². The number of carbonyl (C=O) groups excluding carboxylic acids is 1. The molecule has 126 valence electrons. The highest BCUT2D eigenvalue weighted by Crippen LogP contribution is 2.42. The fourth-order valence-electron chi connectivity index (χ4n) is 3.80. The topological polar surface area (TPSA) is 67.6 Å². The van der Waals surface area contributed by atoms with Gasteiger partial charge in [0.1, 0.15) is 5.76 Å². The lowest BCUT2D eigenvalue weighted by atomic mass is 9.77. The smallest absolute Gasteiger partial charge is 0.228 e. The molecule has 0 bridgehead atoms. The maximum Gasteiger partial charge on any atom is 0.228 e. The Hall–Kier alpha value is -2.34. The zero-order valence-corrected chi connectivity index (χ0v) is 13.5. The van der Waals surface area contributed by atoms with Crippen molar-refractivity contribution < 1.29 is 13.9 Å². The number of hydrogen-bond donors (Lipinski definition) is 1. The number of aromatic nitrogens is 1. The molecule has 0 saturated carbocycles. The van der Waals surface area contributed by atoms with Crippen LogP contribution in [-0.4, -0.2) is 42.0 Å². The van der Waals surface area contributed by atoms with Crippen molar-refractivity contribution >= 4 is 5.91 Å². The number of nitrogens with one attached hydrogen (secondary N) is 1. The van der Waals surface area contributed by atoms with Gasteiger partial charge in [0.2, 0.25) is 11.8 Å². The first kappa shape index (κ1) is 15.2. The molecule has 2 atom stereocenters. The summed E-state index contributed by atoms with van der Waals surface area (Å²) in [6.07, 6.45) is 4.26. The van der Waals surface area contributed by atoms with E-state index in [0.717, 1.165) is 31.8 Å². The molecule has 2 aromatic rings. The van der Waals surface area contributed by atoms with E-state index in [9.17, 15) is 4.79 Å². The fraction of sp³-hybridized carbons (Fsp3) is 0.444. The van der Waals surface area contributed by atoms with Crippen LogP contribution in [0.15, 0.2) is 47.2 Å². The number of pyridine rings is 1. The second-order valence-corrected chi connectivity index (χ2v) is 6.58. The van der Waals surface area contributed by atoms with Crippen LogP contribution in [0.1, 0.15) is 12.2 Å². The highest BCUT2D eigenvalue weighted by Gasteiger charge is 2.54. The van der Waals surface area contributed by atoms with Crippen molar-refractivity contribution in [2.75, 3.05) is 26.2 Å². The number of hydrogen-bond acceptors (Lipinski definition) is 5. The molecule has 2 fully saturated rings. The Labute approximate surface area is 140 Å². The highest BCUT2D eigenvalue weighted by molar-refractivity contribution is 5.86. The molecule has 0 radical (unpaired) electrons. The van der Waals surface area contributed by atoms with Gasteiger partial charge in [-0.05, 0) is 31.2 Å². The van der Waals surface area contributed by atoms with E-state index in [2.05, 4.69) is 15.2 Å². The van der Waals surface area contributed by atoms with E-state index in [1.165, 1.54) is 0 Å². The van der Waals surface area contributed by atoms with Gasteiger partial charge in [0.15, 0.2) is 0 Å². The Kier molecular flexibility index (Phi) is 3.98. The first-order valence-corrected chi connectivity index (χ1v) is 8.33. The van der Waals surface area contributed by atoms with E-state index in [1.807, 2.05) is 30.3 Å². The van der Waals surface area contributed by atoms with Gasteiger partial charge in [-0.25, -0.2) is 4.98 Å². The zero-order valence-electron chi connectivity index (χ0n) is 13.5. The van der Waals surface area contributed by atoms with Crippen LogP contribution in [-0.2, 0) is 11.3 Å². The van der Waals surface area contributed by atoms with Gasteiger partial charge in [-0.15, -0.1) is 0 Å². The minimum atomic E-state index is -0.360. The van der Waals surface area contributed by atoms with Crippen LogP contribution in [0.4, 0.5) is 0 Å². The Morgan fingerprint density at radius 2 is 2.33 bits per heavy atom. The van der Waals surface area contributed by atoms with Gasteiger partial charge in [-0.3, -0.25) is 9.69 Å². The average molecular weight is 327 g/mol. The van der Waals surface area contributed by atoms with Gasteiger partial charge < -0.3 is 14.5 Å². The van der Waals surface area contributed by atoms with E-state index in [0.29, 0.717) is 19.0 Å². The number of amides is 1. The molecule has 2 saturated heterocycles. The summed E-state index contributed by atoms with van der Waals surface area (Å²) in [7, 11) is 0. The maximum absolute atomic E-state index is 12.5. The summed E-state index contributed by atoms with van der Waals surface area (Å²) >= 11 is 0. The summed E-state index contributed by atoms with van der Waals surface area (Å²) in [6, 6.07) is 9.47. The largest absolute Gasteiger partial charge is 0.477 e. The lowest BCUT2D eigenvalue weighted by Crippen LogP contribution is -2.40. The lowest BCUT2D eigenvalue weighted by Gasteiger charge is -2.28. The van der Waals surface area contributed by atoms with Crippen LogP contribution in [0, 0.1) is 11.3 Å². The standard InChI is InChI=1S/C18H21N3O3/c22-17-18(6-8-21(13-18)11-15-4-3-9-23-15)14(10-20-17)12-24-16-5-1-2-7-19-16/h1-5,7,9,14H,6,8,10-13H2,(H,20,22)/t14-,18+/m0/s1. The summed E-state index contributed by atoms with van der Waals surface area (Å²) < 4.78 is 11.3. The van der Waals surface area contributed by atoms with Crippen LogP contribution in [0.5, 0.6) is 5.88 Å². The van der Waals surface area contributed by atoms with Crippen molar-refractivity contribution in [3.05, 3.63) is 48.6 Å². The molecule has 2 aromatic heterocycles. The Balaban J connectivity index is 1.43. The molecule has 6 heteroatoms. The normalized spacial score (nSPS) is 26.8. The molecule has 1 N–H and O–H groups in total. The van der Waals surface area contributed by atoms with E-state index in [-0.39, 0.29) is 17.2 Å². The third kappa shape index (κ3) is 2.78. The summed E-state index contributed by atoms with van der Waals surface area (Å²) in [4.78, 5) is 19.0. The number of rotatable bonds is 5. The highest BCUT2D eigenvalue weighted by atomic mass is 16.5. The minimum absolute atomic E-state index is 0.152. The molecule has 4 heterocycles. The van der Waals surface area contributed by atoms with Gasteiger partial charge >= 0.3 is 0 Å². The number of carbonyl (C=O) groups is 1. The van der Waals surface area contributed by atoms with Gasteiger partial charge in [-0.2, -0.15) is 0 Å². The Morgan fingerprint density at radius 3 is 3.12 bits per heavy atom. The molecule has 6 nitrogen and oxygen atoms in total. The van der Waals surface area contributed by atoms with Crippen LogP contribution in [0.25, 0.3) is 0 Å². The molecule has 4 rings (SSSR count). The second kappa shape index (κ2) is 6.28. The number of likely N-dealkylation sites (tertiary alicyclic amines) is 1. The molecule has 2 aliphatic rings. The molecule has 0 unspecified atom stereocenters. The van der Waals surface area contributed by atoms with Gasteiger partial charge in [0, 0.05) is 31.3 Å². The van der Waals surface area contributed by atoms with Crippen LogP contribution >= 0.6 is 0 Å². The van der Waals surface area contributed by atoms with E-state index < -0.39 is 0 Å². The van der Waals surface area contributed by atoms with E-state index in [1.54, 1.807) is 12.5 Å². The quantitative estimate of drug-likeness (QED) is 0.905. The monoisotopic (exact) mass is 327 g/mol. The SMILES string of the molecule is O=C1NC[C@@H](COc2ccccn2)[C@]12CCN(Cc1ccco1)C2. The van der Waals surface area contributed by atoms with Crippen molar-refractivity contribution in [2.24, 2.45) is 11.3 Å². The van der Waals surface area contributed by atoms with Crippen molar-refractivity contribution in [2.45, 2.75) is 13.0 Å². The third-order valence-electron chi connectivity index (χ3n) is 5.15. The summed E-state index contributed by atoms with van der Waals surface area (Å²) in [6.45, 7) is 3.56. The maximum atomic E-state index is 12.5. The predicted octanol–water partition coefficient (Wildman–Crippen LogP) is 1.69. The zero-order chi connectivity index (χ0) is 16.4. The number of nitrogens with zero attached hydrogens (tertiary/aromatic N) is 2. The Morgan fingerprint density at radius 1 is 1.38 bits per heavy atom. The van der Waals surface area contributed by atoms with Crippen molar-refractivity contribution in [3.8, 4) is 5.88 Å². The van der Waals surface area contributed by atoms with Crippen LogP contribution in [0.3, 0.4) is 0 Å². The van der Waals surface area contributed by atoms with Gasteiger partial charge in [0.25, 0.3) is 0 Å². The molecule has 1 amide bonds. The predicted molar refractivity (Wildman–Crippen MR) is 87.3 cm³/mol. The third-order valence-corrected chi connectivity index (χ3v) is 5.15. The average Bonchev–Trinajstić information content (AvgIpc) is 3.32. The van der Waals surface area contributed by atoms with Crippen molar-refractivity contribution in [1.29, 1.82) is 0 Å². The molecule has 2 aliphatic heterocycles. The van der Waals surface area contributed by atoms with Gasteiger partial charge in [0.05, 0.1) is 24.8 Å². The molecular weight excluding hydrogens is 306 g/mol. The second-order valence-electron chi connectivity index (χ2n) is 6.58. The molecule has 24 heavy (non-hydrogen) atoms. The summed E-state index contributed by atoms with van der Waals surface area (Å²) in [5.41, 5.74) is -0.360. The minimum Gasteiger partial charge on any atom is -0.477 e. The summed E-state index contributed by atoms with van der Waals surface area (Å²) in [5.74, 6) is 1.86. The lowest BCUT2D eigenvalue weighted by molar-refractivity contribution is -0.128. The molecule has 0 aromatic carbocycles. The van der Waals surface area contributed by atoms with E-state index in [4.69, 9.17) is 9.15 Å². The van der Waals surface area contributed by atoms with Gasteiger partial charge in [-0.1, -0.05) is 6.07 Å². The van der Waals surface area contributed by atoms with Crippen molar-refractivity contribution in [1.82, 2.24) is 15.2 Å². The Bertz CT molecular complexity index is 689. The van der Waals surface area contributed by atoms with Crippen LogP contribution < -0.4 is 10.1 Å². The summed E-state index contributed by atoms with van der Waals surface area (Å²) in [5, 5.41) is 3.03. The molecule has 1 spiro atoms. The fourth-order valence-corrected chi connectivity index (χ4v) is 3.80. The number of furan rings is 1. The first-order valence-electron chi connectivity index (χ1n) is 8.33. The molecule has 0 aliphatic carbocycles.